The van der Waals surface area contributed by atoms with E-state index < -0.39 is 33.1 Å². The van der Waals surface area contributed by atoms with Crippen molar-refractivity contribution in [2.45, 2.75) is 20.8 Å². The number of nitro benzene ring substituents is 1. The molecule has 0 saturated carbocycles. The van der Waals surface area contributed by atoms with Crippen molar-refractivity contribution in [1.82, 2.24) is 0 Å². The Kier molecular flexibility index (Phi) is 3.99. The summed E-state index contributed by atoms with van der Waals surface area (Å²) >= 11 is 0. The Labute approximate surface area is 115 Å². The molecule has 1 aromatic carbocycles. The molecule has 1 N–H and O–H groups in total. The van der Waals surface area contributed by atoms with E-state index in [1.54, 1.807) is 26.8 Å². The fourth-order valence-corrected chi connectivity index (χ4v) is 1.66. The number of hydrogen-bond acceptors (Lipinski definition) is 6. The summed E-state index contributed by atoms with van der Waals surface area (Å²) in [5, 5.41) is 30.1. The van der Waals surface area contributed by atoms with Gasteiger partial charge in [-0.25, -0.2) is 0 Å². The molecule has 0 saturated heterocycles. The lowest BCUT2D eigenvalue weighted by atomic mass is 9.83. The summed E-state index contributed by atoms with van der Waals surface area (Å²) in [5.41, 5.74) is -2.34. The molecule has 0 fully saturated rings. The smallest absolute Gasteiger partial charge is 0.326 e. The predicted molar refractivity (Wildman–Crippen MR) is 69.8 cm³/mol. The number of phenols is 1. The Morgan fingerprint density at radius 2 is 2.05 bits per heavy atom. The van der Waals surface area contributed by atoms with Crippen LogP contribution in [0.2, 0.25) is 0 Å². The summed E-state index contributed by atoms with van der Waals surface area (Å²) in [6, 6.07) is 2.84. The van der Waals surface area contributed by atoms with E-state index in [-0.39, 0.29) is 11.3 Å². The molecule has 106 valence electrons. The second-order valence-electron chi connectivity index (χ2n) is 5.15. The minimum absolute atomic E-state index is 0.203. The monoisotopic (exact) mass is 278 g/mol. The van der Waals surface area contributed by atoms with Crippen LogP contribution in [0, 0.1) is 26.9 Å². The van der Waals surface area contributed by atoms with E-state index in [1.165, 1.54) is 7.11 Å². The largest absolute Gasteiger partial charge is 0.499 e. The quantitative estimate of drug-likeness (QED) is 0.516. The first-order chi connectivity index (χ1) is 9.15. The molecule has 0 amide bonds. The average molecular weight is 278 g/mol. The number of ketones is 1. The highest BCUT2D eigenvalue weighted by molar-refractivity contribution is 6.06. The first-order valence-electron chi connectivity index (χ1n) is 5.68. The number of nitriles is 1. The standard InChI is InChI=1S/C13H14N2O5/c1-13(2,3)12(17)9-7(6-14)5-8(20-4)11(16)10(9)15(18)19/h5,16H,1-4H3. The number of carbonyl (C=O) groups is 1. The van der Waals surface area contributed by atoms with E-state index in [1.807, 2.05) is 0 Å². The molecule has 1 rings (SSSR count). The lowest BCUT2D eigenvalue weighted by Gasteiger charge is -2.18. The normalized spacial score (nSPS) is 10.8. The van der Waals surface area contributed by atoms with Gasteiger partial charge in [0.2, 0.25) is 5.75 Å². The number of benzene rings is 1. The molecule has 0 aromatic heterocycles. The number of ether oxygens (including phenoxy) is 1. The molecule has 0 aliphatic rings. The van der Waals surface area contributed by atoms with E-state index in [2.05, 4.69) is 0 Å². The second kappa shape index (κ2) is 5.17. The third kappa shape index (κ3) is 2.54. The molecular weight excluding hydrogens is 264 g/mol. The van der Waals surface area contributed by atoms with Crippen LogP contribution in [0.15, 0.2) is 6.07 Å². The highest BCUT2D eigenvalue weighted by atomic mass is 16.6. The SMILES string of the molecule is COc1cc(C#N)c(C(=O)C(C)(C)C)c([N+](=O)[O-])c1O. The number of nitrogens with zero attached hydrogens (tertiary/aromatic N) is 2. The van der Waals surface area contributed by atoms with Crippen LogP contribution in [0.4, 0.5) is 5.69 Å². The van der Waals surface area contributed by atoms with Gasteiger partial charge in [0, 0.05) is 11.5 Å². The topological polar surface area (TPSA) is 113 Å². The van der Waals surface area contributed by atoms with Crippen molar-refractivity contribution < 1.29 is 19.6 Å². The second-order valence-corrected chi connectivity index (χ2v) is 5.15. The van der Waals surface area contributed by atoms with Crippen molar-refractivity contribution in [3.63, 3.8) is 0 Å². The first-order valence-corrected chi connectivity index (χ1v) is 5.68. The maximum Gasteiger partial charge on any atom is 0.326 e. The van der Waals surface area contributed by atoms with Crippen LogP contribution >= 0.6 is 0 Å². The van der Waals surface area contributed by atoms with Gasteiger partial charge >= 0.3 is 5.69 Å². The molecule has 1 aromatic rings. The summed E-state index contributed by atoms with van der Waals surface area (Å²) in [5.74, 6) is -1.58. The highest BCUT2D eigenvalue weighted by Gasteiger charge is 2.36. The van der Waals surface area contributed by atoms with E-state index in [0.717, 1.165) is 6.07 Å². The van der Waals surface area contributed by atoms with Gasteiger partial charge in [-0.3, -0.25) is 14.9 Å². The maximum atomic E-state index is 12.3. The number of carbonyl (C=O) groups excluding carboxylic acids is 1. The first kappa shape index (κ1) is 15.4. The van der Waals surface area contributed by atoms with Crippen molar-refractivity contribution in [3.05, 3.63) is 27.3 Å². The molecule has 0 heterocycles. The Morgan fingerprint density at radius 3 is 2.40 bits per heavy atom. The van der Waals surface area contributed by atoms with Crippen LogP contribution in [0.25, 0.3) is 0 Å². The molecular formula is C13H14N2O5. The van der Waals surface area contributed by atoms with Gasteiger partial charge in [-0.2, -0.15) is 5.26 Å². The zero-order valence-corrected chi connectivity index (χ0v) is 11.6. The van der Waals surface area contributed by atoms with Crippen LogP contribution in [0.3, 0.4) is 0 Å². The van der Waals surface area contributed by atoms with Crippen molar-refractivity contribution in [1.29, 1.82) is 5.26 Å². The molecule has 0 unspecified atom stereocenters. The van der Waals surface area contributed by atoms with Gasteiger partial charge in [0.05, 0.1) is 17.6 Å². The lowest BCUT2D eigenvalue weighted by molar-refractivity contribution is -0.386. The minimum atomic E-state index is -0.933. The molecule has 0 aliphatic heterocycles. The van der Waals surface area contributed by atoms with Gasteiger partial charge in [0.1, 0.15) is 11.6 Å². The number of aromatic hydroxyl groups is 1. The van der Waals surface area contributed by atoms with Crippen molar-refractivity contribution in [2.75, 3.05) is 7.11 Å². The predicted octanol–water partition coefficient (Wildman–Crippen LogP) is 2.41. The Hall–Kier alpha value is -2.62. The van der Waals surface area contributed by atoms with E-state index in [4.69, 9.17) is 10.00 Å². The summed E-state index contributed by atoms with van der Waals surface area (Å²) in [7, 11) is 1.20. The summed E-state index contributed by atoms with van der Waals surface area (Å²) in [6.45, 7) is 4.71. The fraction of sp³-hybridized carbons (Fsp3) is 0.385. The van der Waals surface area contributed by atoms with Crippen molar-refractivity contribution >= 4 is 11.5 Å². The molecule has 0 atom stereocenters. The van der Waals surface area contributed by atoms with Gasteiger partial charge < -0.3 is 9.84 Å². The van der Waals surface area contributed by atoms with Gasteiger partial charge in [-0.05, 0) is 0 Å². The molecule has 20 heavy (non-hydrogen) atoms. The number of nitro groups is 1. The zero-order chi connectivity index (χ0) is 15.7. The highest BCUT2D eigenvalue weighted by Crippen LogP contribution is 2.42. The molecule has 0 spiro atoms. The van der Waals surface area contributed by atoms with Gasteiger partial charge in [0.15, 0.2) is 11.5 Å². The van der Waals surface area contributed by atoms with E-state index in [9.17, 15) is 20.0 Å². The maximum absolute atomic E-state index is 12.3. The lowest BCUT2D eigenvalue weighted by Crippen LogP contribution is -2.22. The van der Waals surface area contributed by atoms with Gasteiger partial charge in [-0.15, -0.1) is 0 Å². The number of methoxy groups -OCH3 is 1. The summed E-state index contributed by atoms with van der Waals surface area (Å²) in [6.07, 6.45) is 0. The third-order valence-corrected chi connectivity index (χ3v) is 2.67. The molecule has 7 heteroatoms. The Balaban J connectivity index is 3.83. The molecule has 0 bridgehead atoms. The Bertz CT molecular complexity index is 623. The summed E-state index contributed by atoms with van der Waals surface area (Å²) < 4.78 is 4.78. The molecule has 0 aliphatic carbocycles. The minimum Gasteiger partial charge on any atom is -0.499 e. The number of rotatable bonds is 3. The van der Waals surface area contributed by atoms with E-state index >= 15 is 0 Å². The van der Waals surface area contributed by atoms with Crippen LogP contribution in [0.1, 0.15) is 36.7 Å². The van der Waals surface area contributed by atoms with Crippen molar-refractivity contribution in [2.24, 2.45) is 5.41 Å². The van der Waals surface area contributed by atoms with Gasteiger partial charge in [-0.1, -0.05) is 20.8 Å². The van der Waals surface area contributed by atoms with Crippen LogP contribution in [0.5, 0.6) is 11.5 Å². The number of phenolic OH excluding ortho intramolecular Hbond substituents is 1. The zero-order valence-electron chi connectivity index (χ0n) is 11.6. The number of hydrogen-bond donors (Lipinski definition) is 1. The third-order valence-electron chi connectivity index (χ3n) is 2.67. The van der Waals surface area contributed by atoms with Crippen LogP contribution in [-0.4, -0.2) is 22.9 Å². The van der Waals surface area contributed by atoms with Crippen LogP contribution < -0.4 is 4.74 Å². The fourth-order valence-electron chi connectivity index (χ4n) is 1.66. The van der Waals surface area contributed by atoms with Crippen LogP contribution in [-0.2, 0) is 0 Å². The van der Waals surface area contributed by atoms with Gasteiger partial charge in [0.25, 0.3) is 0 Å². The molecule has 0 radical (unpaired) electrons. The average Bonchev–Trinajstić information content (AvgIpc) is 2.35. The van der Waals surface area contributed by atoms with E-state index in [0.29, 0.717) is 0 Å². The number of Topliss-reactive ketones (excluding diaryl/α,β-unsaturated/α-hetero) is 1. The Morgan fingerprint density at radius 1 is 1.50 bits per heavy atom. The molecule has 7 nitrogen and oxygen atoms in total. The van der Waals surface area contributed by atoms with Crippen molar-refractivity contribution in [3.8, 4) is 17.6 Å². The summed E-state index contributed by atoms with van der Waals surface area (Å²) in [4.78, 5) is 22.6.